The Morgan fingerprint density at radius 1 is 0.767 bits per heavy atom. The van der Waals surface area contributed by atoms with Gasteiger partial charge in [0, 0.05) is 35.9 Å². The first-order valence-corrected chi connectivity index (χ1v) is 10.2. The van der Waals surface area contributed by atoms with Crippen LogP contribution in [0.15, 0.2) is 59.3 Å². The fraction of sp³-hybridized carbons (Fsp3) is 0.364. The number of amides is 2. The Morgan fingerprint density at radius 2 is 1.17 bits per heavy atom. The molecule has 0 aromatic carbocycles. The van der Waals surface area contributed by atoms with Crippen molar-refractivity contribution in [3.8, 4) is 0 Å². The van der Waals surface area contributed by atoms with Crippen LogP contribution in [0.5, 0.6) is 0 Å². The van der Waals surface area contributed by atoms with Gasteiger partial charge in [-0.2, -0.15) is 10.2 Å². The van der Waals surface area contributed by atoms with E-state index in [9.17, 15) is 9.59 Å². The molecule has 2 N–H and O–H groups in total. The summed E-state index contributed by atoms with van der Waals surface area (Å²) in [6.07, 6.45) is 10.0. The van der Waals surface area contributed by atoms with Crippen molar-refractivity contribution >= 4 is 24.2 Å². The molecule has 148 valence electrons. The monoisotopic (exact) mass is 398 g/mol. The van der Waals surface area contributed by atoms with Crippen molar-refractivity contribution in [2.24, 2.45) is 56.5 Å². The summed E-state index contributed by atoms with van der Waals surface area (Å²) < 4.78 is 0. The Labute approximate surface area is 171 Å². The lowest BCUT2D eigenvalue weighted by Gasteiger charge is -3.09. The molecule has 2 amide bonds. The summed E-state index contributed by atoms with van der Waals surface area (Å²) in [5, 5.41) is 8.23. The maximum absolute atomic E-state index is 12.8. The fourth-order valence-electron chi connectivity index (χ4n) is 7.87. The molecule has 6 fully saturated rings. The fourth-order valence-corrected chi connectivity index (χ4v) is 7.87. The maximum Gasteiger partial charge on any atom is 0.247 e. The maximum atomic E-state index is 12.8. The van der Waals surface area contributed by atoms with Crippen LogP contribution in [0.4, 0.5) is 0 Å². The van der Waals surface area contributed by atoms with Gasteiger partial charge in [-0.15, -0.1) is 0 Å². The van der Waals surface area contributed by atoms with Crippen molar-refractivity contribution in [3.05, 3.63) is 60.2 Å². The largest absolute Gasteiger partial charge is 0.273 e. The highest BCUT2D eigenvalue weighted by atomic mass is 16.2. The first-order chi connectivity index (χ1) is 14.7. The van der Waals surface area contributed by atoms with E-state index in [0.717, 1.165) is 11.1 Å². The minimum atomic E-state index is -0.257. The van der Waals surface area contributed by atoms with Gasteiger partial charge in [-0.1, -0.05) is 12.1 Å². The van der Waals surface area contributed by atoms with Crippen molar-refractivity contribution in [2.75, 3.05) is 0 Å². The van der Waals surface area contributed by atoms with E-state index in [2.05, 4.69) is 31.0 Å². The molecule has 6 aliphatic rings. The lowest BCUT2D eigenvalue weighted by Crippen LogP contribution is -3.12. The Hall–Kier alpha value is -3.42. The van der Waals surface area contributed by atoms with Crippen LogP contribution in [-0.4, -0.2) is 34.2 Å². The minimum Gasteiger partial charge on any atom is -0.273 e. The van der Waals surface area contributed by atoms with Crippen molar-refractivity contribution in [1.82, 2.24) is 20.8 Å². The van der Waals surface area contributed by atoms with Crippen LogP contribution in [0.1, 0.15) is 11.1 Å². The topological polar surface area (TPSA) is 109 Å². The molecule has 0 bridgehead atoms. The van der Waals surface area contributed by atoms with Crippen LogP contribution in [0.2, 0.25) is 0 Å². The van der Waals surface area contributed by atoms with E-state index in [1.807, 2.05) is 24.3 Å². The van der Waals surface area contributed by atoms with Crippen LogP contribution in [0.25, 0.3) is 0 Å². The van der Waals surface area contributed by atoms with Gasteiger partial charge in [0.25, 0.3) is 0 Å². The second-order valence-corrected chi connectivity index (χ2v) is 8.99. The predicted molar refractivity (Wildman–Crippen MR) is 106 cm³/mol. The van der Waals surface area contributed by atoms with Gasteiger partial charge in [0.1, 0.15) is 0 Å². The van der Waals surface area contributed by atoms with Gasteiger partial charge in [0.05, 0.1) is 23.3 Å². The molecule has 8 heteroatoms. The van der Waals surface area contributed by atoms with Crippen LogP contribution in [0.3, 0.4) is 0 Å². The molecule has 0 aliphatic heterocycles. The van der Waals surface area contributed by atoms with Crippen LogP contribution in [-0.2, 0) is 9.59 Å². The summed E-state index contributed by atoms with van der Waals surface area (Å²) >= 11 is 0. The first kappa shape index (κ1) is 16.4. The molecule has 2 aromatic heterocycles. The highest BCUT2D eigenvalue weighted by Crippen LogP contribution is 3.10. The number of pyridine rings is 2. The van der Waals surface area contributed by atoms with E-state index in [-0.39, 0.29) is 22.6 Å². The molecule has 30 heavy (non-hydrogen) atoms. The first-order valence-electron chi connectivity index (χ1n) is 10.2. The lowest BCUT2D eigenvalue weighted by atomic mass is 8.92. The van der Waals surface area contributed by atoms with Crippen LogP contribution < -0.4 is 10.9 Å². The third-order valence-corrected chi connectivity index (χ3v) is 8.55. The van der Waals surface area contributed by atoms with Gasteiger partial charge >= 0.3 is 0 Å². The highest BCUT2D eigenvalue weighted by Gasteiger charge is 3.13. The van der Waals surface area contributed by atoms with Gasteiger partial charge in [-0.3, -0.25) is 19.6 Å². The smallest absolute Gasteiger partial charge is 0.247 e. The molecule has 8 nitrogen and oxygen atoms in total. The van der Waals surface area contributed by atoms with Gasteiger partial charge < -0.3 is 0 Å². The van der Waals surface area contributed by atoms with E-state index in [4.69, 9.17) is 0 Å². The molecule has 0 saturated heterocycles. The zero-order chi connectivity index (χ0) is 20.1. The number of aromatic nitrogens is 2. The molecular formula is C22H18N6O2. The van der Waals surface area contributed by atoms with Crippen LogP contribution >= 0.6 is 0 Å². The van der Waals surface area contributed by atoms with E-state index < -0.39 is 0 Å². The van der Waals surface area contributed by atoms with E-state index in [1.165, 1.54) is 0 Å². The number of nitrogens with zero attached hydrogens (tertiary/aromatic N) is 4. The van der Waals surface area contributed by atoms with Crippen molar-refractivity contribution in [2.45, 2.75) is 0 Å². The molecular weight excluding hydrogens is 380 g/mol. The zero-order valence-electron chi connectivity index (χ0n) is 15.8. The SMILES string of the molecule is O=C(NN=Cc1cccnc1)C12C3C4C1C1C2C3C41C(=O)NN=Cc1cccnc1. The summed E-state index contributed by atoms with van der Waals surface area (Å²) in [6.45, 7) is 0. The summed E-state index contributed by atoms with van der Waals surface area (Å²) in [5.41, 5.74) is 6.64. The second kappa shape index (κ2) is 5.19. The number of hydrogen-bond donors (Lipinski definition) is 2. The molecule has 0 atom stereocenters. The van der Waals surface area contributed by atoms with E-state index in [0.29, 0.717) is 35.5 Å². The van der Waals surface area contributed by atoms with Crippen molar-refractivity contribution < 1.29 is 9.59 Å². The average molecular weight is 398 g/mol. The third kappa shape index (κ3) is 1.47. The predicted octanol–water partition coefficient (Wildman–Crippen LogP) is 0.815. The van der Waals surface area contributed by atoms with Gasteiger partial charge in [0.15, 0.2) is 0 Å². The number of nitrogens with one attached hydrogen (secondary N) is 2. The van der Waals surface area contributed by atoms with Gasteiger partial charge in [0.2, 0.25) is 11.8 Å². The van der Waals surface area contributed by atoms with E-state index >= 15 is 0 Å². The Bertz CT molecular complexity index is 1000. The molecule has 2 aromatic rings. The quantitative estimate of drug-likeness (QED) is 0.554. The molecule has 0 spiro atoms. The van der Waals surface area contributed by atoms with Crippen LogP contribution in [0, 0.1) is 46.3 Å². The molecule has 2 heterocycles. The second-order valence-electron chi connectivity index (χ2n) is 8.99. The summed E-state index contributed by atoms with van der Waals surface area (Å²) in [5.74, 6) is 2.12. The summed E-state index contributed by atoms with van der Waals surface area (Å²) in [7, 11) is 0. The standard InChI is InChI=1S/C22H18N6O2/c29-19(27-25-9-11-3-1-5-23-7-11)21-13-16-14(21)18-15(21)17(13)22(16,18)20(30)28-26-10-12-4-2-6-24-8-12/h1-10,13-18H,(H,27,29)(H,28,30). The summed E-state index contributed by atoms with van der Waals surface area (Å²) in [4.78, 5) is 33.8. The lowest BCUT2D eigenvalue weighted by molar-refractivity contribution is -0.624. The van der Waals surface area contributed by atoms with Crippen molar-refractivity contribution in [3.63, 3.8) is 0 Å². The average Bonchev–Trinajstić information content (AvgIpc) is 2.80. The number of hydrazone groups is 2. The third-order valence-electron chi connectivity index (χ3n) is 8.55. The number of carbonyl (C=O) groups is 2. The van der Waals surface area contributed by atoms with Gasteiger partial charge in [-0.05, 0) is 47.6 Å². The zero-order valence-corrected chi connectivity index (χ0v) is 15.8. The Kier molecular flexibility index (Phi) is 2.83. The number of hydrogen-bond acceptors (Lipinski definition) is 6. The number of carbonyl (C=O) groups excluding carboxylic acids is 2. The normalized spacial score (nSPS) is 42.3. The molecule has 8 rings (SSSR count). The molecule has 6 saturated carbocycles. The highest BCUT2D eigenvalue weighted by molar-refractivity contribution is 6.00. The Morgan fingerprint density at radius 3 is 1.50 bits per heavy atom. The minimum absolute atomic E-state index is 0.0229. The van der Waals surface area contributed by atoms with Gasteiger partial charge in [-0.25, -0.2) is 10.9 Å². The van der Waals surface area contributed by atoms with E-state index in [1.54, 1.807) is 37.2 Å². The summed E-state index contributed by atoms with van der Waals surface area (Å²) in [6, 6.07) is 7.41. The number of rotatable bonds is 6. The Balaban J connectivity index is 1.00. The molecule has 6 aliphatic carbocycles. The van der Waals surface area contributed by atoms with Crippen molar-refractivity contribution in [1.29, 1.82) is 0 Å². The molecule has 0 unspecified atom stereocenters. The molecule has 0 radical (unpaired) electrons.